The third-order valence-electron chi connectivity index (χ3n) is 5.78. The summed E-state index contributed by atoms with van der Waals surface area (Å²) in [6.45, 7) is 13.3. The third kappa shape index (κ3) is 5.33. The molecule has 33 heavy (non-hydrogen) atoms. The molecule has 4 rings (SSSR count). The maximum Gasteiger partial charge on any atom is 0.164 e. The van der Waals surface area contributed by atoms with Crippen LogP contribution in [-0.4, -0.2) is 15.0 Å². The lowest BCUT2D eigenvalue weighted by Gasteiger charge is -2.19. The molecule has 1 aromatic heterocycles. The van der Waals surface area contributed by atoms with Gasteiger partial charge in [0.25, 0.3) is 0 Å². The fourth-order valence-electron chi connectivity index (χ4n) is 3.61. The molecule has 0 bridgehead atoms. The van der Waals surface area contributed by atoms with Crippen molar-refractivity contribution in [3.63, 3.8) is 0 Å². The van der Waals surface area contributed by atoms with E-state index in [0.717, 1.165) is 21.6 Å². The average molecular weight is 454 g/mol. The van der Waals surface area contributed by atoms with Crippen LogP contribution in [0.25, 0.3) is 34.2 Å². The summed E-state index contributed by atoms with van der Waals surface area (Å²) in [5.74, 6) is 2.00. The Balaban J connectivity index is 1.83. The van der Waals surface area contributed by atoms with Gasteiger partial charge in [-0.1, -0.05) is 102 Å². The molecule has 4 heteroatoms. The highest BCUT2D eigenvalue weighted by Crippen LogP contribution is 2.29. The zero-order chi connectivity index (χ0) is 23.8. The molecule has 0 atom stereocenters. The van der Waals surface area contributed by atoms with E-state index in [1.54, 1.807) is 0 Å². The molecule has 3 aromatic carbocycles. The predicted octanol–water partition coefficient (Wildman–Crippen LogP) is 7.76. The van der Waals surface area contributed by atoms with Crippen LogP contribution in [0.1, 0.15) is 52.7 Å². The molecule has 1 heterocycles. The van der Waals surface area contributed by atoms with E-state index in [9.17, 15) is 0 Å². The predicted molar refractivity (Wildman–Crippen MR) is 141 cm³/mol. The van der Waals surface area contributed by atoms with Crippen molar-refractivity contribution < 1.29 is 0 Å². The van der Waals surface area contributed by atoms with E-state index in [2.05, 4.69) is 103 Å². The minimum atomic E-state index is 0.0946. The van der Waals surface area contributed by atoms with Crippen LogP contribution in [0.15, 0.2) is 77.7 Å². The number of nitrogens with zero attached hydrogens (tertiary/aromatic N) is 3. The standard InChI is InChI=1S/C29H31N3S/c1-28(2,3)22-13-7-19(8-14-22)25-30-26(20-9-15-23(16-10-20)29(4,5)6)32-27(31-25)21-11-17-24(33)18-12-21/h7-18,33H,1-6H3. The second-order valence-corrected chi connectivity index (χ2v) is 11.0. The Labute approximate surface area is 202 Å². The molecule has 0 unspecified atom stereocenters. The first-order valence-corrected chi connectivity index (χ1v) is 11.7. The zero-order valence-electron chi connectivity index (χ0n) is 20.2. The van der Waals surface area contributed by atoms with Gasteiger partial charge in [0.15, 0.2) is 17.5 Å². The number of rotatable bonds is 3. The van der Waals surface area contributed by atoms with Gasteiger partial charge in [-0.3, -0.25) is 0 Å². The van der Waals surface area contributed by atoms with Gasteiger partial charge in [0.2, 0.25) is 0 Å². The molecule has 0 spiro atoms. The first kappa shape index (κ1) is 23.2. The Kier molecular flexibility index (Phi) is 6.15. The summed E-state index contributed by atoms with van der Waals surface area (Å²) in [5.41, 5.74) is 5.64. The van der Waals surface area contributed by atoms with Crippen LogP contribution in [0, 0.1) is 0 Å². The monoisotopic (exact) mass is 453 g/mol. The van der Waals surface area contributed by atoms with Gasteiger partial charge in [0.05, 0.1) is 0 Å². The fraction of sp³-hybridized carbons (Fsp3) is 0.276. The minimum absolute atomic E-state index is 0.0946. The van der Waals surface area contributed by atoms with E-state index < -0.39 is 0 Å². The first-order chi connectivity index (χ1) is 15.5. The lowest BCUT2D eigenvalue weighted by Crippen LogP contribution is -2.10. The molecule has 0 aliphatic rings. The van der Waals surface area contributed by atoms with E-state index >= 15 is 0 Å². The summed E-state index contributed by atoms with van der Waals surface area (Å²) < 4.78 is 0. The summed E-state index contributed by atoms with van der Waals surface area (Å²) in [4.78, 5) is 15.4. The highest BCUT2D eigenvalue weighted by atomic mass is 32.1. The largest absolute Gasteiger partial charge is 0.208 e. The van der Waals surface area contributed by atoms with Crippen LogP contribution in [0.3, 0.4) is 0 Å². The molecular weight excluding hydrogens is 422 g/mol. The highest BCUT2D eigenvalue weighted by molar-refractivity contribution is 7.80. The molecule has 0 N–H and O–H groups in total. The molecule has 168 valence electrons. The molecule has 0 radical (unpaired) electrons. The van der Waals surface area contributed by atoms with Crippen molar-refractivity contribution in [1.29, 1.82) is 0 Å². The normalized spacial score (nSPS) is 12.1. The van der Waals surface area contributed by atoms with Gasteiger partial charge >= 0.3 is 0 Å². The number of benzene rings is 3. The molecular formula is C29H31N3S. The Hall–Kier alpha value is -2.98. The Morgan fingerprint density at radius 1 is 0.455 bits per heavy atom. The Morgan fingerprint density at radius 2 is 0.727 bits per heavy atom. The maximum atomic E-state index is 4.86. The smallest absolute Gasteiger partial charge is 0.164 e. The van der Waals surface area contributed by atoms with Gasteiger partial charge in [-0.05, 0) is 34.1 Å². The van der Waals surface area contributed by atoms with Gasteiger partial charge in [0.1, 0.15) is 0 Å². The number of aromatic nitrogens is 3. The molecule has 0 fully saturated rings. The van der Waals surface area contributed by atoms with Crippen molar-refractivity contribution in [3.8, 4) is 34.2 Å². The van der Waals surface area contributed by atoms with Crippen molar-refractivity contribution >= 4 is 12.6 Å². The summed E-state index contributed by atoms with van der Waals surface area (Å²) in [7, 11) is 0. The van der Waals surface area contributed by atoms with Crippen molar-refractivity contribution in [2.75, 3.05) is 0 Å². The molecule has 0 aliphatic carbocycles. The summed E-state index contributed by atoms with van der Waals surface area (Å²) in [5, 5.41) is 0. The number of hydrogen-bond acceptors (Lipinski definition) is 4. The minimum Gasteiger partial charge on any atom is -0.208 e. The summed E-state index contributed by atoms with van der Waals surface area (Å²) in [6.07, 6.45) is 0. The van der Waals surface area contributed by atoms with Gasteiger partial charge in [-0.15, -0.1) is 12.6 Å². The number of hydrogen-bond donors (Lipinski definition) is 1. The zero-order valence-corrected chi connectivity index (χ0v) is 21.1. The molecule has 0 amide bonds. The van der Waals surface area contributed by atoms with Crippen LogP contribution in [0.5, 0.6) is 0 Å². The van der Waals surface area contributed by atoms with Crippen molar-refractivity contribution in [1.82, 2.24) is 15.0 Å². The van der Waals surface area contributed by atoms with Crippen molar-refractivity contribution in [2.45, 2.75) is 57.3 Å². The second kappa shape index (κ2) is 8.75. The summed E-state index contributed by atoms with van der Waals surface area (Å²) in [6, 6.07) is 24.9. The maximum absolute atomic E-state index is 4.86. The van der Waals surface area contributed by atoms with Gasteiger partial charge in [-0.25, -0.2) is 15.0 Å². The van der Waals surface area contributed by atoms with Gasteiger partial charge in [0, 0.05) is 21.6 Å². The second-order valence-electron chi connectivity index (χ2n) is 10.5. The van der Waals surface area contributed by atoms with Crippen LogP contribution >= 0.6 is 12.6 Å². The van der Waals surface area contributed by atoms with E-state index in [-0.39, 0.29) is 10.8 Å². The van der Waals surface area contributed by atoms with E-state index in [1.807, 2.05) is 24.3 Å². The summed E-state index contributed by atoms with van der Waals surface area (Å²) >= 11 is 4.41. The number of thiol groups is 1. The Bertz CT molecular complexity index is 1170. The molecule has 0 aliphatic heterocycles. The van der Waals surface area contributed by atoms with E-state index in [0.29, 0.717) is 17.5 Å². The van der Waals surface area contributed by atoms with Crippen LogP contribution < -0.4 is 0 Å². The highest BCUT2D eigenvalue weighted by Gasteiger charge is 2.17. The first-order valence-electron chi connectivity index (χ1n) is 11.3. The van der Waals surface area contributed by atoms with Crippen LogP contribution in [-0.2, 0) is 10.8 Å². The van der Waals surface area contributed by atoms with E-state index in [4.69, 9.17) is 15.0 Å². The van der Waals surface area contributed by atoms with Crippen LogP contribution in [0.4, 0.5) is 0 Å². The SMILES string of the molecule is CC(C)(C)c1ccc(-c2nc(-c3ccc(S)cc3)nc(-c3ccc(C(C)(C)C)cc3)n2)cc1. The van der Waals surface area contributed by atoms with E-state index in [1.165, 1.54) is 11.1 Å². The lowest BCUT2D eigenvalue weighted by atomic mass is 9.86. The Morgan fingerprint density at radius 3 is 1.00 bits per heavy atom. The molecule has 0 saturated carbocycles. The van der Waals surface area contributed by atoms with Crippen molar-refractivity contribution in [3.05, 3.63) is 83.9 Å². The molecule has 0 saturated heterocycles. The van der Waals surface area contributed by atoms with Gasteiger partial charge < -0.3 is 0 Å². The van der Waals surface area contributed by atoms with Crippen molar-refractivity contribution in [2.24, 2.45) is 0 Å². The lowest BCUT2D eigenvalue weighted by molar-refractivity contribution is 0.590. The molecule has 4 aromatic rings. The average Bonchev–Trinajstić information content (AvgIpc) is 2.78. The third-order valence-corrected chi connectivity index (χ3v) is 6.08. The quantitative estimate of drug-likeness (QED) is 0.322. The fourth-order valence-corrected chi connectivity index (χ4v) is 3.76. The molecule has 3 nitrogen and oxygen atoms in total. The topological polar surface area (TPSA) is 38.7 Å². The van der Waals surface area contributed by atoms with Gasteiger partial charge in [-0.2, -0.15) is 0 Å². The van der Waals surface area contributed by atoms with Crippen LogP contribution in [0.2, 0.25) is 0 Å².